The summed E-state index contributed by atoms with van der Waals surface area (Å²) in [6.07, 6.45) is 0. The molecule has 0 saturated heterocycles. The first-order chi connectivity index (χ1) is 12.8. The van der Waals surface area contributed by atoms with Crippen molar-refractivity contribution in [3.63, 3.8) is 0 Å². The summed E-state index contributed by atoms with van der Waals surface area (Å²) in [6.45, 7) is 1.96. The van der Waals surface area contributed by atoms with E-state index in [2.05, 4.69) is 5.32 Å². The van der Waals surface area contributed by atoms with Crippen molar-refractivity contribution in [2.75, 3.05) is 30.4 Å². The van der Waals surface area contributed by atoms with E-state index in [-0.39, 0.29) is 23.8 Å². The number of rotatable bonds is 6. The van der Waals surface area contributed by atoms with Crippen molar-refractivity contribution < 1.29 is 9.53 Å². The molecule has 0 saturated carbocycles. The van der Waals surface area contributed by atoms with E-state index >= 15 is 0 Å². The molecule has 0 bridgehead atoms. The van der Waals surface area contributed by atoms with Gasteiger partial charge in [-0.25, -0.2) is 4.79 Å². The molecule has 0 atom stereocenters. The average Bonchev–Trinajstić information content (AvgIpc) is 2.68. The summed E-state index contributed by atoms with van der Waals surface area (Å²) in [5, 5.41) is 12.1. The van der Waals surface area contributed by atoms with Crippen LogP contribution in [0.4, 0.5) is 11.5 Å². The van der Waals surface area contributed by atoms with E-state index in [4.69, 9.17) is 4.74 Å². The van der Waals surface area contributed by atoms with Gasteiger partial charge < -0.3 is 15.0 Å². The van der Waals surface area contributed by atoms with Gasteiger partial charge in [-0.05, 0) is 31.2 Å². The van der Waals surface area contributed by atoms with Crippen LogP contribution in [0.1, 0.15) is 12.5 Å². The number of hydrogen-bond acceptors (Lipinski definition) is 6. The Hall–Kier alpha value is -3.54. The second-order valence-corrected chi connectivity index (χ2v) is 5.81. The standard InChI is InChI=1S/C18H21N5O4/c1-5-23(11-15(24)20-12-6-8-13(27-4)9-7-12)16-14(10-19)17(25)22(3)18(26)21(16)2/h6-9H,5,11H2,1-4H3,(H,20,24). The Kier molecular flexibility index (Phi) is 6.03. The maximum Gasteiger partial charge on any atom is 0.332 e. The third-order valence-corrected chi connectivity index (χ3v) is 4.13. The maximum absolute atomic E-state index is 12.4. The number of nitrogens with zero attached hydrogens (tertiary/aromatic N) is 4. The lowest BCUT2D eigenvalue weighted by molar-refractivity contribution is -0.115. The van der Waals surface area contributed by atoms with Crippen molar-refractivity contribution in [2.24, 2.45) is 14.1 Å². The molecule has 0 aliphatic rings. The number of nitriles is 1. The van der Waals surface area contributed by atoms with Crippen LogP contribution in [-0.2, 0) is 18.9 Å². The molecule has 0 spiro atoms. The van der Waals surface area contributed by atoms with Crippen LogP contribution in [0.5, 0.6) is 5.75 Å². The molecule has 1 aromatic carbocycles. The molecule has 0 radical (unpaired) electrons. The summed E-state index contributed by atoms with van der Waals surface area (Å²) in [5.41, 5.74) is -0.860. The first-order valence-corrected chi connectivity index (χ1v) is 8.23. The highest BCUT2D eigenvalue weighted by molar-refractivity contribution is 5.94. The summed E-state index contributed by atoms with van der Waals surface area (Å²) in [7, 11) is 4.32. The number of benzene rings is 1. The number of nitrogens with one attached hydrogen (secondary N) is 1. The Morgan fingerprint density at radius 2 is 1.85 bits per heavy atom. The Morgan fingerprint density at radius 1 is 1.22 bits per heavy atom. The molecule has 27 heavy (non-hydrogen) atoms. The number of aromatic nitrogens is 2. The quantitative estimate of drug-likeness (QED) is 0.789. The van der Waals surface area contributed by atoms with Gasteiger partial charge in [0, 0.05) is 26.3 Å². The van der Waals surface area contributed by atoms with Crippen LogP contribution in [-0.4, -0.2) is 35.2 Å². The van der Waals surface area contributed by atoms with Crippen LogP contribution in [0, 0.1) is 11.3 Å². The molecule has 0 fully saturated rings. The topological polar surface area (TPSA) is 109 Å². The van der Waals surface area contributed by atoms with Crippen LogP contribution in [0.2, 0.25) is 0 Å². The molecular formula is C18H21N5O4. The average molecular weight is 371 g/mol. The number of anilines is 2. The lowest BCUT2D eigenvalue weighted by atomic mass is 10.2. The minimum atomic E-state index is -0.690. The third-order valence-electron chi connectivity index (χ3n) is 4.13. The van der Waals surface area contributed by atoms with Gasteiger partial charge in [0.2, 0.25) is 5.91 Å². The zero-order valence-electron chi connectivity index (χ0n) is 15.6. The zero-order chi connectivity index (χ0) is 20.1. The number of ether oxygens (including phenoxy) is 1. The van der Waals surface area contributed by atoms with Crippen LogP contribution in [0.3, 0.4) is 0 Å². The molecule has 9 heteroatoms. The zero-order valence-corrected chi connectivity index (χ0v) is 15.6. The van der Waals surface area contributed by atoms with Gasteiger partial charge in [-0.2, -0.15) is 5.26 Å². The Labute approximate surface area is 156 Å². The highest BCUT2D eigenvalue weighted by Gasteiger charge is 2.21. The van der Waals surface area contributed by atoms with E-state index in [1.807, 2.05) is 6.07 Å². The van der Waals surface area contributed by atoms with E-state index < -0.39 is 11.2 Å². The Balaban J connectivity index is 2.32. The van der Waals surface area contributed by atoms with Crippen molar-refractivity contribution >= 4 is 17.4 Å². The molecule has 0 aliphatic heterocycles. The predicted molar refractivity (Wildman–Crippen MR) is 101 cm³/mol. The molecule has 142 valence electrons. The molecule has 0 aliphatic carbocycles. The van der Waals surface area contributed by atoms with E-state index in [1.165, 1.54) is 23.6 Å². The Bertz CT molecular complexity index is 999. The molecule has 9 nitrogen and oxygen atoms in total. The normalized spacial score (nSPS) is 10.2. The largest absolute Gasteiger partial charge is 0.497 e. The predicted octanol–water partition coefficient (Wildman–Crippen LogP) is 0.429. The monoisotopic (exact) mass is 371 g/mol. The fourth-order valence-corrected chi connectivity index (χ4v) is 2.69. The number of hydrogen-bond donors (Lipinski definition) is 1. The van der Waals surface area contributed by atoms with E-state index in [0.717, 1.165) is 4.57 Å². The van der Waals surface area contributed by atoms with Crippen LogP contribution >= 0.6 is 0 Å². The summed E-state index contributed by atoms with van der Waals surface area (Å²) in [5.74, 6) is 0.439. The van der Waals surface area contributed by atoms with Gasteiger partial charge in [0.05, 0.1) is 13.7 Å². The van der Waals surface area contributed by atoms with Crippen LogP contribution in [0.25, 0.3) is 0 Å². The summed E-state index contributed by atoms with van der Waals surface area (Å²) in [6, 6.07) is 8.66. The SMILES string of the molecule is CCN(CC(=O)Nc1ccc(OC)cc1)c1c(C#N)c(=O)n(C)c(=O)n1C. The molecule has 2 aromatic rings. The third kappa shape index (κ3) is 4.00. The minimum Gasteiger partial charge on any atom is -0.497 e. The number of carbonyl (C=O) groups is 1. The summed E-state index contributed by atoms with van der Waals surface area (Å²) >= 11 is 0. The van der Waals surface area contributed by atoms with E-state index in [1.54, 1.807) is 38.3 Å². The minimum absolute atomic E-state index is 0.123. The molecule has 1 aromatic heterocycles. The van der Waals surface area contributed by atoms with Crippen LogP contribution < -0.4 is 26.2 Å². The van der Waals surface area contributed by atoms with Gasteiger partial charge in [0.15, 0.2) is 5.56 Å². The number of methoxy groups -OCH3 is 1. The molecule has 1 N–H and O–H groups in total. The molecule has 1 amide bonds. The second-order valence-electron chi connectivity index (χ2n) is 5.81. The second kappa shape index (κ2) is 8.23. The summed E-state index contributed by atoms with van der Waals surface area (Å²) in [4.78, 5) is 38.4. The van der Waals surface area contributed by atoms with E-state index in [9.17, 15) is 19.6 Å². The molecule has 0 unspecified atom stereocenters. The van der Waals surface area contributed by atoms with Gasteiger partial charge in [0.25, 0.3) is 5.56 Å². The Morgan fingerprint density at radius 3 is 2.37 bits per heavy atom. The highest BCUT2D eigenvalue weighted by Crippen LogP contribution is 2.17. The lowest BCUT2D eigenvalue weighted by Gasteiger charge is -2.25. The van der Waals surface area contributed by atoms with Crippen molar-refractivity contribution in [1.82, 2.24) is 9.13 Å². The number of amides is 1. The first-order valence-electron chi connectivity index (χ1n) is 8.23. The van der Waals surface area contributed by atoms with E-state index in [0.29, 0.717) is 18.0 Å². The van der Waals surface area contributed by atoms with Gasteiger partial charge >= 0.3 is 5.69 Å². The molecule has 2 rings (SSSR count). The number of carbonyl (C=O) groups excluding carboxylic acids is 1. The van der Waals surface area contributed by atoms with Gasteiger partial charge in [0.1, 0.15) is 17.6 Å². The molecular weight excluding hydrogens is 350 g/mol. The van der Waals surface area contributed by atoms with Crippen molar-refractivity contribution in [2.45, 2.75) is 6.92 Å². The van der Waals surface area contributed by atoms with Gasteiger partial charge in [-0.3, -0.25) is 18.7 Å². The smallest absolute Gasteiger partial charge is 0.332 e. The fraction of sp³-hybridized carbons (Fsp3) is 0.333. The highest BCUT2D eigenvalue weighted by atomic mass is 16.5. The fourth-order valence-electron chi connectivity index (χ4n) is 2.69. The lowest BCUT2D eigenvalue weighted by Crippen LogP contribution is -2.44. The maximum atomic E-state index is 12.4. The van der Waals surface area contributed by atoms with Crippen molar-refractivity contribution in [1.29, 1.82) is 5.26 Å². The van der Waals surface area contributed by atoms with Gasteiger partial charge in [-0.1, -0.05) is 0 Å². The van der Waals surface area contributed by atoms with Crippen molar-refractivity contribution in [3.05, 3.63) is 50.7 Å². The van der Waals surface area contributed by atoms with Crippen molar-refractivity contribution in [3.8, 4) is 11.8 Å². The molecule has 1 heterocycles. The first kappa shape index (κ1) is 19.8. The van der Waals surface area contributed by atoms with Gasteiger partial charge in [-0.15, -0.1) is 0 Å². The number of likely N-dealkylation sites (N-methyl/N-ethyl adjacent to an activating group) is 1. The van der Waals surface area contributed by atoms with Crippen LogP contribution in [0.15, 0.2) is 33.9 Å². The summed E-state index contributed by atoms with van der Waals surface area (Å²) < 4.78 is 7.14.